The largest absolute Gasteiger partial charge is 0.340 e. The van der Waals surface area contributed by atoms with Crippen LogP contribution in [0.2, 0.25) is 0 Å². The highest BCUT2D eigenvalue weighted by Gasteiger charge is 2.26. The Morgan fingerprint density at radius 3 is 2.72 bits per heavy atom. The van der Waals surface area contributed by atoms with E-state index in [2.05, 4.69) is 28.0 Å². The third-order valence-corrected chi connectivity index (χ3v) is 6.03. The lowest BCUT2D eigenvalue weighted by Crippen LogP contribution is -2.41. The Kier molecular flexibility index (Phi) is 6.19. The number of likely N-dealkylation sites (tertiary alicyclic amines) is 1. The van der Waals surface area contributed by atoms with Crippen molar-refractivity contribution in [3.8, 4) is 23.0 Å². The number of pyridine rings is 1. The maximum atomic E-state index is 12.9. The fraction of sp³-hybridized carbons (Fsp3) is 0.333. The number of likely N-dealkylation sites (N-methyl/N-ethyl adjacent to an activating group) is 2. The molecule has 3 heterocycles. The first-order valence-corrected chi connectivity index (χ1v) is 10.8. The van der Waals surface area contributed by atoms with Gasteiger partial charge in [0.1, 0.15) is 0 Å². The maximum Gasteiger partial charge on any atom is 0.272 e. The maximum absolute atomic E-state index is 12.9. The molecule has 1 atom stereocenters. The molecule has 0 spiro atoms. The van der Waals surface area contributed by atoms with Crippen molar-refractivity contribution >= 4 is 5.91 Å². The van der Waals surface area contributed by atoms with Crippen molar-refractivity contribution in [2.45, 2.75) is 25.8 Å². The Labute approximate surface area is 186 Å². The second-order valence-electron chi connectivity index (χ2n) is 8.06. The summed E-state index contributed by atoms with van der Waals surface area (Å²) in [5.74, 6) is 0.445. The molecule has 1 aliphatic rings. The van der Waals surface area contributed by atoms with Crippen LogP contribution in [0.4, 0.5) is 0 Å². The predicted molar refractivity (Wildman–Crippen MR) is 122 cm³/mol. The van der Waals surface area contributed by atoms with E-state index in [0.29, 0.717) is 40.7 Å². The number of carbonyl (C=O) groups excluding carboxylic acids is 1. The minimum absolute atomic E-state index is 0.0636. The first-order valence-electron chi connectivity index (χ1n) is 10.8. The Morgan fingerprint density at radius 1 is 1.28 bits per heavy atom. The van der Waals surface area contributed by atoms with Crippen molar-refractivity contribution in [2.24, 2.45) is 0 Å². The number of benzene rings is 1. The molecular weight excluding hydrogens is 404 g/mol. The van der Waals surface area contributed by atoms with E-state index >= 15 is 0 Å². The van der Waals surface area contributed by atoms with Crippen LogP contribution in [0, 0.1) is 11.3 Å². The number of nitrogens with one attached hydrogen (secondary N) is 1. The standard InChI is InChI=1S/C24H26N6O2/c1-3-29-12-4-5-20(29)15-28(2)24(32)19-10-11-22(26-14-19)30-16-21(23(31)27-30)18-8-6-17(13-25)7-9-18/h6-11,14,16,20H,3-5,12,15H2,1-2H3,(H,27,31). The molecule has 4 rings (SSSR count). The molecule has 0 radical (unpaired) electrons. The Morgan fingerprint density at radius 2 is 2.06 bits per heavy atom. The SMILES string of the molecule is CCN1CCCC1CN(C)C(=O)c1ccc(-n2cc(-c3ccc(C#N)cc3)c(=O)[nH]2)nc1. The zero-order valence-corrected chi connectivity index (χ0v) is 18.3. The van der Waals surface area contributed by atoms with Gasteiger partial charge in [0.25, 0.3) is 11.5 Å². The summed E-state index contributed by atoms with van der Waals surface area (Å²) in [7, 11) is 1.83. The van der Waals surface area contributed by atoms with Crippen LogP contribution in [-0.4, -0.2) is 63.2 Å². The van der Waals surface area contributed by atoms with Gasteiger partial charge in [-0.15, -0.1) is 0 Å². The number of hydrogen-bond acceptors (Lipinski definition) is 5. The van der Waals surface area contributed by atoms with Gasteiger partial charge in [-0.25, -0.2) is 9.67 Å². The fourth-order valence-corrected chi connectivity index (χ4v) is 4.24. The lowest BCUT2D eigenvalue weighted by atomic mass is 10.1. The minimum Gasteiger partial charge on any atom is -0.340 e. The highest BCUT2D eigenvalue weighted by atomic mass is 16.2. The second kappa shape index (κ2) is 9.20. The van der Waals surface area contributed by atoms with Gasteiger partial charge in [-0.2, -0.15) is 5.26 Å². The third-order valence-electron chi connectivity index (χ3n) is 6.03. The molecular formula is C24H26N6O2. The van der Waals surface area contributed by atoms with Gasteiger partial charge < -0.3 is 4.90 Å². The molecule has 1 amide bonds. The molecule has 3 aromatic rings. The molecule has 164 valence electrons. The average molecular weight is 431 g/mol. The molecule has 1 aromatic carbocycles. The van der Waals surface area contributed by atoms with Crippen LogP contribution in [0.5, 0.6) is 0 Å². The third kappa shape index (κ3) is 4.34. The van der Waals surface area contributed by atoms with Gasteiger partial charge in [-0.1, -0.05) is 19.1 Å². The van der Waals surface area contributed by atoms with Crippen molar-refractivity contribution in [2.75, 3.05) is 26.7 Å². The number of rotatable bonds is 6. The fourth-order valence-electron chi connectivity index (χ4n) is 4.24. The number of H-pyrrole nitrogens is 1. The number of nitriles is 1. The molecule has 2 aromatic heterocycles. The van der Waals surface area contributed by atoms with Gasteiger partial charge in [0.2, 0.25) is 0 Å². The summed E-state index contributed by atoms with van der Waals surface area (Å²) in [5, 5.41) is 11.7. The van der Waals surface area contributed by atoms with E-state index in [1.54, 1.807) is 53.7 Å². The number of nitrogens with zero attached hydrogens (tertiary/aromatic N) is 5. The topological polar surface area (TPSA) is 98.0 Å². The summed E-state index contributed by atoms with van der Waals surface area (Å²) in [6, 6.07) is 12.7. The monoisotopic (exact) mass is 430 g/mol. The molecule has 1 unspecified atom stereocenters. The van der Waals surface area contributed by atoms with E-state index in [1.165, 1.54) is 11.1 Å². The highest BCUT2D eigenvalue weighted by Crippen LogP contribution is 2.19. The van der Waals surface area contributed by atoms with Crippen LogP contribution in [0.1, 0.15) is 35.7 Å². The average Bonchev–Trinajstić information content (AvgIpc) is 3.44. The first-order chi connectivity index (χ1) is 15.5. The normalized spacial score (nSPS) is 16.1. The Balaban J connectivity index is 1.48. The van der Waals surface area contributed by atoms with Gasteiger partial charge in [-0.05, 0) is 55.8 Å². The lowest BCUT2D eigenvalue weighted by Gasteiger charge is -2.27. The summed E-state index contributed by atoms with van der Waals surface area (Å²) >= 11 is 0. The molecule has 1 N–H and O–H groups in total. The van der Waals surface area contributed by atoms with E-state index in [0.717, 1.165) is 19.5 Å². The zero-order valence-electron chi connectivity index (χ0n) is 18.3. The van der Waals surface area contributed by atoms with Crippen molar-refractivity contribution in [3.05, 3.63) is 70.3 Å². The Bertz CT molecular complexity index is 1190. The molecule has 0 bridgehead atoms. The minimum atomic E-state index is -0.256. The van der Waals surface area contributed by atoms with Gasteiger partial charge in [0.05, 0.1) is 22.8 Å². The molecule has 0 saturated carbocycles. The smallest absolute Gasteiger partial charge is 0.272 e. The van der Waals surface area contributed by atoms with Crippen molar-refractivity contribution in [1.29, 1.82) is 5.26 Å². The van der Waals surface area contributed by atoms with E-state index in [1.807, 2.05) is 7.05 Å². The number of aromatic amines is 1. The van der Waals surface area contributed by atoms with Gasteiger partial charge in [-0.3, -0.25) is 19.6 Å². The predicted octanol–water partition coefficient (Wildman–Crippen LogP) is 2.66. The van der Waals surface area contributed by atoms with Crippen molar-refractivity contribution in [1.82, 2.24) is 24.6 Å². The molecule has 1 fully saturated rings. The van der Waals surface area contributed by atoms with Crippen LogP contribution in [0.25, 0.3) is 16.9 Å². The molecule has 8 heteroatoms. The van der Waals surface area contributed by atoms with Gasteiger partial charge >= 0.3 is 0 Å². The van der Waals surface area contributed by atoms with E-state index in [9.17, 15) is 9.59 Å². The lowest BCUT2D eigenvalue weighted by molar-refractivity contribution is 0.0754. The number of aromatic nitrogens is 3. The molecule has 1 aliphatic heterocycles. The first kappa shape index (κ1) is 21.5. The number of amides is 1. The number of carbonyl (C=O) groups is 1. The van der Waals surface area contributed by atoms with Gasteiger partial charge in [0.15, 0.2) is 5.82 Å². The van der Waals surface area contributed by atoms with Gasteiger partial charge in [0, 0.05) is 32.0 Å². The number of hydrogen-bond donors (Lipinski definition) is 1. The molecule has 1 saturated heterocycles. The summed E-state index contributed by atoms with van der Waals surface area (Å²) in [6.07, 6.45) is 5.50. The van der Waals surface area contributed by atoms with E-state index in [4.69, 9.17) is 5.26 Å². The summed E-state index contributed by atoms with van der Waals surface area (Å²) in [4.78, 5) is 33.8. The summed E-state index contributed by atoms with van der Waals surface area (Å²) in [6.45, 7) is 4.95. The van der Waals surface area contributed by atoms with Crippen LogP contribution in [0.3, 0.4) is 0 Å². The van der Waals surface area contributed by atoms with Crippen molar-refractivity contribution < 1.29 is 4.79 Å². The highest BCUT2D eigenvalue weighted by molar-refractivity contribution is 5.93. The van der Waals surface area contributed by atoms with E-state index in [-0.39, 0.29) is 11.5 Å². The molecule has 0 aliphatic carbocycles. The Hall–Kier alpha value is -3.70. The van der Waals surface area contributed by atoms with Crippen LogP contribution < -0.4 is 5.56 Å². The van der Waals surface area contributed by atoms with Crippen LogP contribution in [-0.2, 0) is 0 Å². The van der Waals surface area contributed by atoms with Crippen LogP contribution >= 0.6 is 0 Å². The molecule has 32 heavy (non-hydrogen) atoms. The second-order valence-corrected chi connectivity index (χ2v) is 8.06. The molecule has 8 nitrogen and oxygen atoms in total. The van der Waals surface area contributed by atoms with E-state index < -0.39 is 0 Å². The zero-order chi connectivity index (χ0) is 22.7. The van der Waals surface area contributed by atoms with Crippen molar-refractivity contribution in [3.63, 3.8) is 0 Å². The summed E-state index contributed by atoms with van der Waals surface area (Å²) < 4.78 is 1.53. The summed E-state index contributed by atoms with van der Waals surface area (Å²) in [5.41, 5.74) is 1.98. The quantitative estimate of drug-likeness (QED) is 0.648. The van der Waals surface area contributed by atoms with Crippen LogP contribution in [0.15, 0.2) is 53.6 Å².